The van der Waals surface area contributed by atoms with Crippen LogP contribution in [0.2, 0.25) is 0 Å². The van der Waals surface area contributed by atoms with Gasteiger partial charge in [-0.05, 0) is 37.5 Å². The molecule has 0 aliphatic heterocycles. The quantitative estimate of drug-likeness (QED) is 0.825. The van der Waals surface area contributed by atoms with Gasteiger partial charge in [0.1, 0.15) is 5.75 Å². The number of ether oxygens (including phenoxy) is 1. The van der Waals surface area contributed by atoms with Gasteiger partial charge >= 0.3 is 5.97 Å². The van der Waals surface area contributed by atoms with E-state index in [4.69, 9.17) is 9.84 Å². The van der Waals surface area contributed by atoms with E-state index in [9.17, 15) is 13.6 Å². The Morgan fingerprint density at radius 3 is 2.55 bits per heavy atom. The van der Waals surface area contributed by atoms with Gasteiger partial charge in [-0.15, -0.1) is 0 Å². The summed E-state index contributed by atoms with van der Waals surface area (Å²) in [5, 5.41) is 8.55. The molecule has 3 nitrogen and oxygen atoms in total. The molecular weight excluding hydrogens is 334 g/mol. The maximum atomic E-state index is 14.4. The van der Waals surface area contributed by atoms with Crippen LogP contribution in [0.1, 0.15) is 36.0 Å². The lowest BCUT2D eigenvalue weighted by Crippen LogP contribution is -2.18. The number of alkyl halides is 2. The Balaban J connectivity index is 3.18. The molecule has 0 unspecified atom stereocenters. The minimum Gasteiger partial charge on any atom is -0.496 e. The van der Waals surface area contributed by atoms with E-state index in [1.165, 1.54) is 7.11 Å². The second kappa shape index (κ2) is 6.52. The van der Waals surface area contributed by atoms with E-state index < -0.39 is 18.3 Å². The molecule has 1 aromatic rings. The second-order valence-electron chi connectivity index (χ2n) is 4.66. The molecule has 1 aromatic carbocycles. The summed E-state index contributed by atoms with van der Waals surface area (Å²) in [5.74, 6) is -4.04. The van der Waals surface area contributed by atoms with Crippen LogP contribution in [0.3, 0.4) is 0 Å². The average molecular weight is 351 g/mol. The number of benzene rings is 1. The molecule has 0 aromatic heterocycles. The van der Waals surface area contributed by atoms with Gasteiger partial charge in [-0.25, -0.2) is 8.78 Å². The molecule has 0 amide bonds. The number of hydrogen-bond acceptors (Lipinski definition) is 2. The van der Waals surface area contributed by atoms with Crippen LogP contribution in [-0.4, -0.2) is 18.2 Å². The lowest BCUT2D eigenvalue weighted by atomic mass is 9.95. The van der Waals surface area contributed by atoms with Crippen LogP contribution >= 0.6 is 15.9 Å². The van der Waals surface area contributed by atoms with E-state index in [0.717, 1.165) is 0 Å². The van der Waals surface area contributed by atoms with Crippen molar-refractivity contribution >= 4 is 21.9 Å². The normalized spacial score (nSPS) is 11.5. The van der Waals surface area contributed by atoms with Gasteiger partial charge < -0.3 is 9.84 Å². The number of rotatable bonds is 6. The topological polar surface area (TPSA) is 46.5 Å². The molecule has 0 atom stereocenters. The summed E-state index contributed by atoms with van der Waals surface area (Å²) in [6.45, 7) is 3.28. The molecule has 20 heavy (non-hydrogen) atoms. The van der Waals surface area contributed by atoms with Crippen LogP contribution in [0, 0.1) is 13.8 Å². The van der Waals surface area contributed by atoms with Gasteiger partial charge in [-0.2, -0.15) is 0 Å². The summed E-state index contributed by atoms with van der Waals surface area (Å²) in [6, 6.07) is 1.73. The molecule has 0 radical (unpaired) electrons. The predicted molar refractivity (Wildman–Crippen MR) is 75.5 cm³/mol. The van der Waals surface area contributed by atoms with Crippen LogP contribution in [-0.2, 0) is 10.7 Å². The maximum Gasteiger partial charge on any atom is 0.303 e. The van der Waals surface area contributed by atoms with Crippen molar-refractivity contribution in [2.45, 2.75) is 39.0 Å². The fourth-order valence-corrected chi connectivity index (χ4v) is 2.68. The highest BCUT2D eigenvalue weighted by atomic mass is 79.9. The summed E-state index contributed by atoms with van der Waals surface area (Å²) in [6.07, 6.45) is -0.882. The Labute approximate surface area is 125 Å². The molecule has 0 bridgehead atoms. The maximum absolute atomic E-state index is 14.4. The Bertz CT molecular complexity index is 516. The van der Waals surface area contributed by atoms with Crippen molar-refractivity contribution in [3.63, 3.8) is 0 Å². The Hall–Kier alpha value is -1.17. The zero-order chi connectivity index (χ0) is 15.5. The Kier molecular flexibility index (Phi) is 5.50. The van der Waals surface area contributed by atoms with Gasteiger partial charge in [-0.3, -0.25) is 4.79 Å². The van der Waals surface area contributed by atoms with E-state index in [-0.39, 0.29) is 24.2 Å². The fourth-order valence-electron chi connectivity index (χ4n) is 2.14. The first-order valence-corrected chi connectivity index (χ1v) is 6.93. The van der Waals surface area contributed by atoms with Crippen LogP contribution < -0.4 is 4.74 Å². The van der Waals surface area contributed by atoms with Crippen molar-refractivity contribution in [3.05, 3.63) is 27.2 Å². The third-order valence-corrected chi connectivity index (χ3v) is 3.94. The molecule has 0 spiro atoms. The molecule has 1 rings (SSSR count). The lowest BCUT2D eigenvalue weighted by molar-refractivity contribution is -0.137. The van der Waals surface area contributed by atoms with Crippen molar-refractivity contribution in [3.8, 4) is 5.75 Å². The molecule has 0 aliphatic rings. The summed E-state index contributed by atoms with van der Waals surface area (Å²) in [7, 11) is 1.35. The minimum absolute atomic E-state index is 0.0868. The molecule has 0 fully saturated rings. The van der Waals surface area contributed by atoms with E-state index in [0.29, 0.717) is 15.6 Å². The van der Waals surface area contributed by atoms with Crippen LogP contribution in [0.25, 0.3) is 0 Å². The largest absolute Gasteiger partial charge is 0.496 e. The zero-order valence-corrected chi connectivity index (χ0v) is 13.2. The van der Waals surface area contributed by atoms with Crippen molar-refractivity contribution in [1.29, 1.82) is 0 Å². The molecule has 112 valence electrons. The van der Waals surface area contributed by atoms with E-state index in [2.05, 4.69) is 15.9 Å². The van der Waals surface area contributed by atoms with Crippen molar-refractivity contribution < 1.29 is 23.4 Å². The summed E-state index contributed by atoms with van der Waals surface area (Å²) < 4.78 is 34.5. The monoisotopic (exact) mass is 350 g/mol. The average Bonchev–Trinajstić information content (AvgIpc) is 2.32. The fraction of sp³-hybridized carbons (Fsp3) is 0.500. The van der Waals surface area contributed by atoms with E-state index >= 15 is 0 Å². The number of carboxylic acid groups (broad SMARTS) is 1. The summed E-state index contributed by atoms with van der Waals surface area (Å²) in [5.41, 5.74) is 0.850. The number of methoxy groups -OCH3 is 1. The van der Waals surface area contributed by atoms with Gasteiger partial charge in [0.15, 0.2) is 0 Å². The molecule has 0 heterocycles. The van der Waals surface area contributed by atoms with Gasteiger partial charge in [0.2, 0.25) is 0 Å². The van der Waals surface area contributed by atoms with Gasteiger partial charge in [0.05, 0.1) is 12.7 Å². The molecular formula is C14H17BrF2O3. The SMILES string of the molecule is COc1c(C)cc(Br)c(C)c1C(F)(F)CCCC(=O)O. The van der Waals surface area contributed by atoms with Gasteiger partial charge in [-0.1, -0.05) is 15.9 Å². The standard InChI is InChI=1S/C14H17BrF2O3/c1-8-7-10(15)9(2)12(13(8)20-3)14(16,17)6-4-5-11(18)19/h7H,4-6H2,1-3H3,(H,18,19). The molecule has 0 saturated heterocycles. The number of carboxylic acids is 1. The highest BCUT2D eigenvalue weighted by Gasteiger charge is 2.37. The first kappa shape index (κ1) is 16.9. The van der Waals surface area contributed by atoms with Crippen LogP contribution in [0.4, 0.5) is 8.78 Å². The Morgan fingerprint density at radius 2 is 2.05 bits per heavy atom. The van der Waals surface area contributed by atoms with Gasteiger partial charge in [0.25, 0.3) is 5.92 Å². The third kappa shape index (κ3) is 3.69. The highest BCUT2D eigenvalue weighted by Crippen LogP contribution is 2.44. The number of carbonyl (C=O) groups is 1. The lowest BCUT2D eigenvalue weighted by Gasteiger charge is -2.23. The smallest absolute Gasteiger partial charge is 0.303 e. The van der Waals surface area contributed by atoms with Crippen molar-refractivity contribution in [2.24, 2.45) is 0 Å². The van der Waals surface area contributed by atoms with Crippen molar-refractivity contribution in [1.82, 2.24) is 0 Å². The number of halogens is 3. The molecule has 0 saturated carbocycles. The number of aryl methyl sites for hydroxylation is 1. The first-order chi connectivity index (χ1) is 9.20. The predicted octanol–water partition coefficient (Wildman–Crippen LogP) is 4.42. The zero-order valence-electron chi connectivity index (χ0n) is 11.6. The van der Waals surface area contributed by atoms with E-state index in [1.807, 2.05) is 0 Å². The third-order valence-electron chi connectivity index (χ3n) is 3.11. The molecule has 0 aliphatic carbocycles. The van der Waals surface area contributed by atoms with Crippen LogP contribution in [0.15, 0.2) is 10.5 Å². The first-order valence-electron chi connectivity index (χ1n) is 6.14. The summed E-state index contributed by atoms with van der Waals surface area (Å²) >= 11 is 3.26. The molecule has 1 N–H and O–H groups in total. The second-order valence-corrected chi connectivity index (χ2v) is 5.51. The minimum atomic E-state index is -3.13. The van der Waals surface area contributed by atoms with Gasteiger partial charge in [0, 0.05) is 17.3 Å². The molecule has 6 heteroatoms. The Morgan fingerprint density at radius 1 is 1.45 bits per heavy atom. The number of hydrogen-bond donors (Lipinski definition) is 1. The van der Waals surface area contributed by atoms with E-state index in [1.54, 1.807) is 19.9 Å². The summed E-state index contributed by atoms with van der Waals surface area (Å²) in [4.78, 5) is 10.4. The highest BCUT2D eigenvalue weighted by molar-refractivity contribution is 9.10. The van der Waals surface area contributed by atoms with Crippen molar-refractivity contribution in [2.75, 3.05) is 7.11 Å². The van der Waals surface area contributed by atoms with Crippen LogP contribution in [0.5, 0.6) is 5.75 Å². The number of aliphatic carboxylic acids is 1.